The van der Waals surface area contributed by atoms with Gasteiger partial charge in [-0.3, -0.25) is 9.80 Å². The van der Waals surface area contributed by atoms with Gasteiger partial charge in [0.15, 0.2) is 11.5 Å². The van der Waals surface area contributed by atoms with Crippen LogP contribution in [0.3, 0.4) is 0 Å². The van der Waals surface area contributed by atoms with E-state index >= 15 is 0 Å². The van der Waals surface area contributed by atoms with Crippen molar-refractivity contribution in [3.8, 4) is 0 Å². The largest absolute Gasteiger partial charge is 0.459 e. The molecule has 0 N–H and O–H groups in total. The van der Waals surface area contributed by atoms with E-state index in [1.165, 1.54) is 5.56 Å². The number of hydrogen-bond acceptors (Lipinski definition) is 6. The van der Waals surface area contributed by atoms with E-state index < -0.39 is 0 Å². The first-order valence-electron chi connectivity index (χ1n) is 11.9. The standard InChI is InChI=1S/C26H29N7O/c1-3-4-13-33-26(28-29-30-33)25(24-18-21-7-5-6-8-23(21)34-24)32-16-14-31(15-17-32)19-20-9-11-22(27-2)12-10-20/h5-12,18,25H,3-4,13-17,19H2,1H3. The number of nitrogens with zero attached hydrogens (tertiary/aromatic N) is 7. The maximum Gasteiger partial charge on any atom is 0.187 e. The summed E-state index contributed by atoms with van der Waals surface area (Å²) in [5, 5.41) is 13.9. The van der Waals surface area contributed by atoms with Crippen LogP contribution in [0, 0.1) is 6.57 Å². The maximum absolute atomic E-state index is 7.13. The number of piperazine rings is 1. The Morgan fingerprint density at radius 2 is 1.85 bits per heavy atom. The Kier molecular flexibility index (Phi) is 6.65. The first-order chi connectivity index (χ1) is 16.7. The molecular formula is C26H29N7O. The second-order valence-electron chi connectivity index (χ2n) is 8.79. The molecule has 1 saturated heterocycles. The van der Waals surface area contributed by atoms with Crippen LogP contribution in [0.2, 0.25) is 0 Å². The Hall–Kier alpha value is -3.54. The van der Waals surface area contributed by atoms with E-state index in [-0.39, 0.29) is 6.04 Å². The maximum atomic E-state index is 7.13. The van der Waals surface area contributed by atoms with E-state index in [1.807, 2.05) is 35.0 Å². The average Bonchev–Trinajstić information content (AvgIpc) is 3.51. The molecule has 0 bridgehead atoms. The lowest BCUT2D eigenvalue weighted by atomic mass is 10.1. The lowest BCUT2D eigenvalue weighted by molar-refractivity contribution is 0.0926. The topological polar surface area (TPSA) is 67.6 Å². The molecule has 1 aliphatic heterocycles. The highest BCUT2D eigenvalue weighted by atomic mass is 16.3. The predicted octanol–water partition coefficient (Wildman–Crippen LogP) is 4.68. The third-order valence-corrected chi connectivity index (χ3v) is 6.49. The summed E-state index contributed by atoms with van der Waals surface area (Å²) in [5.41, 5.74) is 2.80. The molecule has 8 heteroatoms. The molecule has 4 aromatic rings. The Bertz CT molecular complexity index is 1230. The number of unbranched alkanes of at least 4 members (excludes halogenated alkanes) is 1. The van der Waals surface area contributed by atoms with Crippen LogP contribution in [-0.2, 0) is 13.1 Å². The van der Waals surface area contributed by atoms with Crippen molar-refractivity contribution in [3.63, 3.8) is 0 Å². The summed E-state index contributed by atoms with van der Waals surface area (Å²) in [6.07, 6.45) is 2.12. The van der Waals surface area contributed by atoms with Gasteiger partial charge in [-0.1, -0.05) is 55.8 Å². The quantitative estimate of drug-likeness (QED) is 0.360. The second kappa shape index (κ2) is 10.2. The van der Waals surface area contributed by atoms with Crippen LogP contribution in [0.15, 0.2) is 59.0 Å². The smallest absolute Gasteiger partial charge is 0.187 e. The van der Waals surface area contributed by atoms with Crippen molar-refractivity contribution in [2.24, 2.45) is 0 Å². The van der Waals surface area contributed by atoms with Gasteiger partial charge in [0.25, 0.3) is 0 Å². The third-order valence-electron chi connectivity index (χ3n) is 6.49. The average molecular weight is 456 g/mol. The van der Waals surface area contributed by atoms with Crippen LogP contribution in [0.25, 0.3) is 15.8 Å². The molecule has 174 valence electrons. The second-order valence-corrected chi connectivity index (χ2v) is 8.79. The summed E-state index contributed by atoms with van der Waals surface area (Å²) in [6, 6.07) is 18.0. The van der Waals surface area contributed by atoms with Crippen molar-refractivity contribution in [1.29, 1.82) is 0 Å². The molecule has 0 radical (unpaired) electrons. The number of aromatic nitrogens is 4. The predicted molar refractivity (Wildman–Crippen MR) is 130 cm³/mol. The Morgan fingerprint density at radius 3 is 2.59 bits per heavy atom. The summed E-state index contributed by atoms with van der Waals surface area (Å²) >= 11 is 0. The van der Waals surface area contributed by atoms with E-state index in [9.17, 15) is 0 Å². The number of fused-ring (bicyclic) bond motifs is 1. The summed E-state index contributed by atoms with van der Waals surface area (Å²) < 4.78 is 8.26. The highest BCUT2D eigenvalue weighted by molar-refractivity contribution is 5.77. The first-order valence-corrected chi connectivity index (χ1v) is 11.9. The molecule has 0 saturated carbocycles. The van der Waals surface area contributed by atoms with Crippen molar-refractivity contribution in [2.45, 2.75) is 38.9 Å². The Labute approximate surface area is 199 Å². The molecule has 8 nitrogen and oxygen atoms in total. The molecule has 5 rings (SSSR count). The summed E-state index contributed by atoms with van der Waals surface area (Å²) in [6.45, 7) is 14.7. The van der Waals surface area contributed by atoms with E-state index in [0.29, 0.717) is 5.69 Å². The van der Waals surface area contributed by atoms with Crippen molar-refractivity contribution in [1.82, 2.24) is 30.0 Å². The number of para-hydroxylation sites is 1. The van der Waals surface area contributed by atoms with Crippen LogP contribution in [0.1, 0.15) is 43.0 Å². The van der Waals surface area contributed by atoms with Gasteiger partial charge in [-0.15, -0.1) is 5.10 Å². The van der Waals surface area contributed by atoms with Crippen LogP contribution < -0.4 is 0 Å². The summed E-state index contributed by atoms with van der Waals surface area (Å²) in [5.74, 6) is 1.73. The minimum absolute atomic E-state index is 0.126. The summed E-state index contributed by atoms with van der Waals surface area (Å²) in [4.78, 5) is 8.38. The molecule has 34 heavy (non-hydrogen) atoms. The molecule has 1 unspecified atom stereocenters. The van der Waals surface area contributed by atoms with Gasteiger partial charge < -0.3 is 4.42 Å². The number of aryl methyl sites for hydroxylation is 1. The first kappa shape index (κ1) is 22.3. The molecule has 0 spiro atoms. The fraction of sp³-hybridized carbons (Fsp3) is 0.385. The van der Waals surface area contributed by atoms with Gasteiger partial charge in [0.05, 0.1) is 6.57 Å². The van der Waals surface area contributed by atoms with Crippen LogP contribution in [0.5, 0.6) is 0 Å². The van der Waals surface area contributed by atoms with Gasteiger partial charge in [0.1, 0.15) is 17.4 Å². The Morgan fingerprint density at radius 1 is 1.06 bits per heavy atom. The molecule has 1 aliphatic rings. The molecule has 0 amide bonds. The number of benzene rings is 2. The lowest BCUT2D eigenvalue weighted by Gasteiger charge is -2.38. The molecular weight excluding hydrogens is 426 g/mol. The normalized spacial score (nSPS) is 16.0. The van der Waals surface area contributed by atoms with E-state index in [2.05, 4.69) is 61.4 Å². The highest BCUT2D eigenvalue weighted by Gasteiger charge is 2.33. The minimum atomic E-state index is -0.126. The zero-order chi connectivity index (χ0) is 23.3. The minimum Gasteiger partial charge on any atom is -0.459 e. The molecule has 2 aromatic heterocycles. The highest BCUT2D eigenvalue weighted by Crippen LogP contribution is 2.32. The zero-order valence-corrected chi connectivity index (χ0v) is 19.5. The van der Waals surface area contributed by atoms with E-state index in [4.69, 9.17) is 11.0 Å². The molecule has 2 aromatic carbocycles. The van der Waals surface area contributed by atoms with Crippen LogP contribution in [-0.4, -0.2) is 56.2 Å². The van der Waals surface area contributed by atoms with Gasteiger partial charge in [0.2, 0.25) is 0 Å². The monoisotopic (exact) mass is 455 g/mol. The van der Waals surface area contributed by atoms with E-state index in [1.54, 1.807) is 0 Å². The fourth-order valence-corrected chi connectivity index (χ4v) is 4.60. The molecule has 1 atom stereocenters. The number of hydrogen-bond donors (Lipinski definition) is 0. The van der Waals surface area contributed by atoms with Crippen molar-refractivity contribution in [2.75, 3.05) is 26.2 Å². The van der Waals surface area contributed by atoms with E-state index in [0.717, 1.165) is 74.7 Å². The van der Waals surface area contributed by atoms with Gasteiger partial charge in [-0.2, -0.15) is 0 Å². The van der Waals surface area contributed by atoms with Gasteiger partial charge in [-0.05, 0) is 34.5 Å². The molecule has 1 fully saturated rings. The molecule has 0 aliphatic carbocycles. The lowest BCUT2D eigenvalue weighted by Crippen LogP contribution is -2.47. The van der Waals surface area contributed by atoms with Crippen molar-refractivity contribution >= 4 is 16.7 Å². The number of rotatable bonds is 8. The number of furan rings is 1. The SMILES string of the molecule is [C-]#[N+]c1ccc(CN2CCN(C(c3cc4ccccc4o3)c3nnnn3CCCC)CC2)cc1. The summed E-state index contributed by atoms with van der Waals surface area (Å²) in [7, 11) is 0. The van der Waals surface area contributed by atoms with Crippen molar-refractivity contribution in [3.05, 3.63) is 83.2 Å². The van der Waals surface area contributed by atoms with Gasteiger partial charge >= 0.3 is 0 Å². The van der Waals surface area contributed by atoms with Crippen LogP contribution >= 0.6 is 0 Å². The van der Waals surface area contributed by atoms with Gasteiger partial charge in [-0.25, -0.2) is 9.53 Å². The number of tetrazole rings is 1. The fourth-order valence-electron chi connectivity index (χ4n) is 4.60. The Balaban J connectivity index is 1.36. The zero-order valence-electron chi connectivity index (χ0n) is 19.5. The third kappa shape index (κ3) is 4.72. The molecule has 3 heterocycles. The van der Waals surface area contributed by atoms with Gasteiger partial charge in [0, 0.05) is 44.7 Å². The van der Waals surface area contributed by atoms with Crippen LogP contribution in [0.4, 0.5) is 5.69 Å². The van der Waals surface area contributed by atoms with Crippen molar-refractivity contribution < 1.29 is 4.42 Å².